The normalized spacial score (nSPS) is 13.0. The Hall–Kier alpha value is -0.180. The topological polar surface area (TPSA) is 0 Å². The molecule has 0 aromatic heterocycles. The molecule has 0 saturated carbocycles. The van der Waals surface area contributed by atoms with Gasteiger partial charge in [-0.1, -0.05) is 17.7 Å². The second-order valence-corrected chi connectivity index (χ2v) is 1.43. The van der Waals surface area contributed by atoms with Crippen molar-refractivity contribution in [2.45, 2.75) is 12.6 Å². The van der Waals surface area contributed by atoms with Gasteiger partial charge in [-0.2, -0.15) is 13.2 Å². The third kappa shape index (κ3) is 5.82. The van der Waals surface area contributed by atoms with Crippen molar-refractivity contribution in [3.63, 3.8) is 0 Å². The van der Waals surface area contributed by atoms with E-state index in [1.165, 1.54) is 0 Å². The number of halogens is 4. The molecule has 0 spiro atoms. The summed E-state index contributed by atoms with van der Waals surface area (Å²) in [6.07, 6.45) is -4.22. The van der Waals surface area contributed by atoms with Gasteiger partial charge in [0.1, 0.15) is 0 Å². The summed E-state index contributed by atoms with van der Waals surface area (Å²) < 4.78 is 33.4. The molecule has 0 atom stereocenters. The van der Waals surface area contributed by atoms with E-state index in [4.69, 9.17) is 11.6 Å². The first-order chi connectivity index (χ1) is 3.56. The lowest BCUT2D eigenvalue weighted by molar-refractivity contribution is -0.124. The average molecular weight is 145 g/mol. The van der Waals surface area contributed by atoms with Crippen LogP contribution in [0.4, 0.5) is 13.2 Å². The molecule has 4 heteroatoms. The molecule has 0 nitrogen and oxygen atoms in total. The van der Waals surface area contributed by atoms with E-state index in [1.54, 1.807) is 0 Å². The van der Waals surface area contributed by atoms with Gasteiger partial charge in [0.2, 0.25) is 0 Å². The molecule has 0 bridgehead atoms. The highest BCUT2D eigenvalue weighted by Crippen LogP contribution is 2.19. The van der Waals surface area contributed by atoms with E-state index in [0.29, 0.717) is 0 Å². The lowest BCUT2D eigenvalue weighted by Crippen LogP contribution is -2.03. The van der Waals surface area contributed by atoms with Crippen LogP contribution in [-0.4, -0.2) is 6.18 Å². The number of allylic oxidation sites excluding steroid dienone is 1. The zero-order valence-corrected chi connectivity index (χ0v) is 4.63. The highest BCUT2D eigenvalue weighted by Gasteiger charge is 2.24. The van der Waals surface area contributed by atoms with E-state index in [2.05, 4.69) is 0 Å². The summed E-state index contributed by atoms with van der Waals surface area (Å²) >= 11 is 4.83. The molecule has 0 amide bonds. The van der Waals surface area contributed by atoms with Crippen molar-refractivity contribution < 1.29 is 13.2 Å². The van der Waals surface area contributed by atoms with Gasteiger partial charge in [-0.15, -0.1) is 0 Å². The quantitative estimate of drug-likeness (QED) is 0.531. The van der Waals surface area contributed by atoms with Crippen LogP contribution in [0.2, 0.25) is 0 Å². The van der Waals surface area contributed by atoms with Gasteiger partial charge in [-0.05, 0) is 0 Å². The number of hydrogen-bond acceptors (Lipinski definition) is 0. The molecule has 0 aliphatic carbocycles. The monoisotopic (exact) mass is 144 g/mol. The molecule has 0 aliphatic heterocycles. The molecule has 0 aliphatic rings. The van der Waals surface area contributed by atoms with Gasteiger partial charge in [0.05, 0.1) is 6.42 Å². The molecule has 0 aromatic carbocycles. The van der Waals surface area contributed by atoms with Crippen LogP contribution in [0.3, 0.4) is 0 Å². The first-order valence-electron chi connectivity index (χ1n) is 1.88. The second kappa shape index (κ2) is 2.97. The van der Waals surface area contributed by atoms with E-state index >= 15 is 0 Å². The first-order valence-corrected chi connectivity index (χ1v) is 2.32. The summed E-state index contributed by atoms with van der Waals surface area (Å²) in [5, 5.41) is 0. The minimum absolute atomic E-state index is 0.849. The number of alkyl halides is 3. The van der Waals surface area contributed by atoms with E-state index in [1.807, 2.05) is 0 Å². The molecule has 0 saturated heterocycles. The maximum absolute atomic E-state index is 11.1. The van der Waals surface area contributed by atoms with Crippen molar-refractivity contribution in [1.29, 1.82) is 0 Å². The zero-order valence-electron chi connectivity index (χ0n) is 3.87. The number of hydrogen-bond donors (Lipinski definition) is 0. The first kappa shape index (κ1) is 7.82. The Morgan fingerprint density at radius 2 is 1.88 bits per heavy atom. The molecule has 0 aromatic rings. The molecule has 8 heavy (non-hydrogen) atoms. The van der Waals surface area contributed by atoms with E-state index in [-0.39, 0.29) is 0 Å². The fraction of sp³-hybridized carbons (Fsp3) is 0.500. The maximum atomic E-state index is 11.1. The van der Waals surface area contributed by atoms with Crippen LogP contribution in [0.5, 0.6) is 0 Å². The Balaban J connectivity index is 3.39. The van der Waals surface area contributed by atoms with Crippen molar-refractivity contribution in [1.82, 2.24) is 0 Å². The Morgan fingerprint density at radius 1 is 1.38 bits per heavy atom. The molecule has 0 rings (SSSR count). The number of rotatable bonds is 1. The Bertz CT molecular complexity index is 83.8. The molecule has 0 unspecified atom stereocenters. The van der Waals surface area contributed by atoms with Gasteiger partial charge in [-0.3, -0.25) is 0 Å². The summed E-state index contributed by atoms with van der Waals surface area (Å²) in [6.45, 7) is 0. The smallest absolute Gasteiger partial charge is 0.171 e. The Kier molecular flexibility index (Phi) is 2.90. The SMILES string of the molecule is FC(F)(F)C/C=C/Cl. The lowest BCUT2D eigenvalue weighted by atomic mass is 10.4. The van der Waals surface area contributed by atoms with Crippen LogP contribution < -0.4 is 0 Å². The van der Waals surface area contributed by atoms with Crippen molar-refractivity contribution >= 4 is 11.6 Å². The van der Waals surface area contributed by atoms with Crippen LogP contribution in [0.1, 0.15) is 6.42 Å². The predicted octanol–water partition coefficient (Wildman–Crippen LogP) is 2.69. The van der Waals surface area contributed by atoms with Gasteiger partial charge in [-0.25, -0.2) is 0 Å². The third-order valence-electron chi connectivity index (χ3n) is 0.438. The van der Waals surface area contributed by atoms with Crippen LogP contribution in [0.15, 0.2) is 11.6 Å². The van der Waals surface area contributed by atoms with Crippen molar-refractivity contribution in [3.05, 3.63) is 11.6 Å². The average Bonchev–Trinajstić information content (AvgIpc) is 1.59. The summed E-state index contributed by atoms with van der Waals surface area (Å²) in [5.74, 6) is 0. The van der Waals surface area contributed by atoms with Crippen LogP contribution in [0.25, 0.3) is 0 Å². The second-order valence-electron chi connectivity index (χ2n) is 1.18. The molecular weight excluding hydrogens is 140 g/mol. The molecular formula is C4H4ClF3. The molecule has 48 valence electrons. The summed E-state index contributed by atoms with van der Waals surface area (Å²) in [4.78, 5) is 0. The molecule has 0 fully saturated rings. The highest BCUT2D eigenvalue weighted by atomic mass is 35.5. The lowest BCUT2D eigenvalue weighted by Gasteiger charge is -1.98. The minimum Gasteiger partial charge on any atom is -0.171 e. The van der Waals surface area contributed by atoms with Gasteiger partial charge < -0.3 is 0 Å². The maximum Gasteiger partial charge on any atom is 0.392 e. The highest BCUT2D eigenvalue weighted by molar-refractivity contribution is 6.25. The van der Waals surface area contributed by atoms with Crippen molar-refractivity contribution in [2.24, 2.45) is 0 Å². The van der Waals surface area contributed by atoms with Crippen LogP contribution in [0, 0.1) is 0 Å². The fourth-order valence-electron chi connectivity index (χ4n) is 0.178. The fourth-order valence-corrected chi connectivity index (χ4v) is 0.267. The Morgan fingerprint density at radius 3 is 2.00 bits per heavy atom. The molecule has 0 heterocycles. The summed E-state index contributed by atoms with van der Waals surface area (Å²) in [6, 6.07) is 0. The Labute approximate surface area is 49.9 Å². The largest absolute Gasteiger partial charge is 0.392 e. The van der Waals surface area contributed by atoms with Crippen LogP contribution >= 0.6 is 11.6 Å². The summed E-state index contributed by atoms with van der Waals surface area (Å²) in [5.41, 5.74) is 0.855. The van der Waals surface area contributed by atoms with E-state index in [0.717, 1.165) is 11.6 Å². The van der Waals surface area contributed by atoms with Gasteiger partial charge in [0.15, 0.2) is 0 Å². The van der Waals surface area contributed by atoms with E-state index < -0.39 is 12.6 Å². The zero-order chi connectivity index (χ0) is 6.62. The predicted molar refractivity (Wildman–Crippen MR) is 25.7 cm³/mol. The molecule has 0 radical (unpaired) electrons. The standard InChI is InChI=1S/C4H4ClF3/c5-3-1-2-4(6,7)8/h1,3H,2H2/b3-1+. The molecule has 0 N–H and O–H groups in total. The minimum atomic E-state index is -4.12. The van der Waals surface area contributed by atoms with Gasteiger partial charge in [0.25, 0.3) is 0 Å². The van der Waals surface area contributed by atoms with Crippen molar-refractivity contribution in [3.8, 4) is 0 Å². The van der Waals surface area contributed by atoms with E-state index in [9.17, 15) is 13.2 Å². The van der Waals surface area contributed by atoms with Crippen LogP contribution in [-0.2, 0) is 0 Å². The van der Waals surface area contributed by atoms with Gasteiger partial charge >= 0.3 is 6.18 Å². The third-order valence-corrected chi connectivity index (χ3v) is 0.617. The summed E-state index contributed by atoms with van der Waals surface area (Å²) in [7, 11) is 0. The van der Waals surface area contributed by atoms with Crippen molar-refractivity contribution in [2.75, 3.05) is 0 Å². The van der Waals surface area contributed by atoms with Gasteiger partial charge in [0, 0.05) is 5.54 Å².